The van der Waals surface area contributed by atoms with Crippen molar-refractivity contribution < 1.29 is 9.53 Å². The Morgan fingerprint density at radius 1 is 1.09 bits per heavy atom. The molecule has 0 aromatic heterocycles. The number of hydrogen-bond acceptors (Lipinski definition) is 3. The lowest BCUT2D eigenvalue weighted by Gasteiger charge is -2.11. The van der Waals surface area contributed by atoms with Crippen LogP contribution in [-0.2, 0) is 4.79 Å². The second-order valence-electron chi connectivity index (χ2n) is 5.70. The van der Waals surface area contributed by atoms with Crippen molar-refractivity contribution in [3.8, 4) is 5.75 Å². The van der Waals surface area contributed by atoms with Gasteiger partial charge in [0.15, 0.2) is 0 Å². The van der Waals surface area contributed by atoms with Gasteiger partial charge in [-0.15, -0.1) is 0 Å². The molecule has 0 bridgehead atoms. The third-order valence-corrected chi connectivity index (χ3v) is 3.50. The highest BCUT2D eigenvalue weighted by molar-refractivity contribution is 6.32. The van der Waals surface area contributed by atoms with Gasteiger partial charge in [0.05, 0.1) is 12.1 Å². The Bertz CT molecular complexity index is 669. The van der Waals surface area contributed by atoms with Crippen LogP contribution in [0.15, 0.2) is 42.5 Å². The van der Waals surface area contributed by atoms with E-state index in [-0.39, 0.29) is 5.91 Å². The highest BCUT2D eigenvalue weighted by Crippen LogP contribution is 2.29. The van der Waals surface area contributed by atoms with Crippen LogP contribution < -0.4 is 15.4 Å². The van der Waals surface area contributed by atoms with Crippen molar-refractivity contribution in [2.75, 3.05) is 17.7 Å². The molecular weight excluding hydrogens is 312 g/mol. The highest BCUT2D eigenvalue weighted by Gasteiger charge is 2.06. The van der Waals surface area contributed by atoms with Crippen LogP contribution >= 0.6 is 11.6 Å². The van der Waals surface area contributed by atoms with E-state index >= 15 is 0 Å². The molecule has 0 spiro atoms. The van der Waals surface area contributed by atoms with Gasteiger partial charge in [-0.05, 0) is 48.4 Å². The Hall–Kier alpha value is -2.20. The molecular formula is C18H21ClN2O2. The van der Waals surface area contributed by atoms with E-state index in [1.165, 1.54) is 0 Å². The molecule has 1 amide bonds. The van der Waals surface area contributed by atoms with E-state index in [9.17, 15) is 4.79 Å². The standard InChI is InChI=1S/C18H21ClN2O2/c1-12(2)10-18(22)21-14-6-4-13(5-7-14)20-15-8-9-17(23-3)16(19)11-15/h4-9,11-12,20H,10H2,1-3H3,(H,21,22). The van der Waals surface area contributed by atoms with Crippen molar-refractivity contribution in [3.63, 3.8) is 0 Å². The van der Waals surface area contributed by atoms with Gasteiger partial charge in [-0.1, -0.05) is 25.4 Å². The first-order valence-corrected chi connectivity index (χ1v) is 7.86. The first-order valence-electron chi connectivity index (χ1n) is 7.48. The molecule has 0 atom stereocenters. The Labute approximate surface area is 141 Å². The number of anilines is 3. The zero-order valence-corrected chi connectivity index (χ0v) is 14.3. The van der Waals surface area contributed by atoms with Gasteiger partial charge >= 0.3 is 0 Å². The lowest BCUT2D eigenvalue weighted by molar-refractivity contribution is -0.116. The van der Waals surface area contributed by atoms with Gasteiger partial charge in [-0.3, -0.25) is 4.79 Å². The second kappa shape index (κ2) is 7.88. The molecule has 4 nitrogen and oxygen atoms in total. The fraction of sp³-hybridized carbons (Fsp3) is 0.278. The molecule has 0 aliphatic heterocycles. The second-order valence-corrected chi connectivity index (χ2v) is 6.11. The SMILES string of the molecule is COc1ccc(Nc2ccc(NC(=O)CC(C)C)cc2)cc1Cl. The average Bonchev–Trinajstić information content (AvgIpc) is 2.48. The van der Waals surface area contributed by atoms with E-state index in [1.54, 1.807) is 13.2 Å². The Balaban J connectivity index is 2.00. The number of carbonyl (C=O) groups is 1. The minimum atomic E-state index is 0.0302. The van der Waals surface area contributed by atoms with Crippen molar-refractivity contribution in [3.05, 3.63) is 47.5 Å². The maximum absolute atomic E-state index is 11.7. The van der Waals surface area contributed by atoms with Crippen LogP contribution in [0, 0.1) is 5.92 Å². The lowest BCUT2D eigenvalue weighted by atomic mass is 10.1. The van der Waals surface area contributed by atoms with E-state index in [0.29, 0.717) is 23.1 Å². The Kier molecular flexibility index (Phi) is 5.88. The summed E-state index contributed by atoms with van der Waals surface area (Å²) in [6.45, 7) is 4.04. The molecule has 0 aliphatic rings. The fourth-order valence-corrected chi connectivity index (χ4v) is 2.39. The number of carbonyl (C=O) groups excluding carboxylic acids is 1. The molecule has 2 aromatic carbocycles. The molecule has 5 heteroatoms. The number of amides is 1. The number of halogens is 1. The molecule has 0 heterocycles. The molecule has 2 rings (SSSR count). The van der Waals surface area contributed by atoms with Gasteiger partial charge in [-0.25, -0.2) is 0 Å². The molecule has 0 fully saturated rings. The van der Waals surface area contributed by atoms with E-state index in [2.05, 4.69) is 10.6 Å². The molecule has 122 valence electrons. The zero-order valence-electron chi connectivity index (χ0n) is 13.5. The fourth-order valence-electron chi connectivity index (χ4n) is 2.13. The molecule has 2 N–H and O–H groups in total. The summed E-state index contributed by atoms with van der Waals surface area (Å²) in [4.78, 5) is 11.7. The quantitative estimate of drug-likeness (QED) is 0.775. The van der Waals surface area contributed by atoms with Crippen LogP contribution in [0.1, 0.15) is 20.3 Å². The minimum Gasteiger partial charge on any atom is -0.495 e. The third-order valence-electron chi connectivity index (χ3n) is 3.20. The summed E-state index contributed by atoms with van der Waals surface area (Å²) in [5, 5.41) is 6.69. The van der Waals surface area contributed by atoms with Crippen LogP contribution in [0.5, 0.6) is 5.75 Å². The lowest BCUT2D eigenvalue weighted by Crippen LogP contribution is -2.13. The third kappa shape index (κ3) is 5.18. The maximum atomic E-state index is 11.7. The predicted molar refractivity (Wildman–Crippen MR) is 95.8 cm³/mol. The normalized spacial score (nSPS) is 10.5. The summed E-state index contributed by atoms with van der Waals surface area (Å²) in [7, 11) is 1.58. The maximum Gasteiger partial charge on any atom is 0.224 e. The van der Waals surface area contributed by atoms with Crippen LogP contribution in [-0.4, -0.2) is 13.0 Å². The van der Waals surface area contributed by atoms with Gasteiger partial charge in [0.1, 0.15) is 5.75 Å². The average molecular weight is 333 g/mol. The van der Waals surface area contributed by atoms with Gasteiger partial charge < -0.3 is 15.4 Å². The molecule has 2 aromatic rings. The molecule has 0 radical (unpaired) electrons. The van der Waals surface area contributed by atoms with Crippen LogP contribution in [0.4, 0.5) is 17.1 Å². The summed E-state index contributed by atoms with van der Waals surface area (Å²) >= 11 is 6.11. The van der Waals surface area contributed by atoms with Gasteiger partial charge in [0.25, 0.3) is 0 Å². The largest absolute Gasteiger partial charge is 0.495 e. The van der Waals surface area contributed by atoms with Crippen molar-refractivity contribution in [1.82, 2.24) is 0 Å². The molecule has 0 unspecified atom stereocenters. The van der Waals surface area contributed by atoms with Crippen molar-refractivity contribution >= 4 is 34.6 Å². The number of ether oxygens (including phenoxy) is 1. The van der Waals surface area contributed by atoms with Gasteiger partial charge in [0.2, 0.25) is 5.91 Å². The van der Waals surface area contributed by atoms with E-state index in [0.717, 1.165) is 17.1 Å². The first kappa shape index (κ1) is 17.2. The minimum absolute atomic E-state index is 0.0302. The molecule has 0 saturated carbocycles. The Morgan fingerprint density at radius 3 is 2.26 bits per heavy atom. The molecule has 0 aliphatic carbocycles. The number of methoxy groups -OCH3 is 1. The summed E-state index contributed by atoms with van der Waals surface area (Å²) in [6.07, 6.45) is 0.518. The summed E-state index contributed by atoms with van der Waals surface area (Å²) in [5.41, 5.74) is 2.56. The summed E-state index contributed by atoms with van der Waals surface area (Å²) < 4.78 is 5.13. The number of benzene rings is 2. The van der Waals surface area contributed by atoms with Crippen molar-refractivity contribution in [2.24, 2.45) is 5.92 Å². The summed E-state index contributed by atoms with van der Waals surface area (Å²) in [5.74, 6) is 1.01. The highest BCUT2D eigenvalue weighted by atomic mass is 35.5. The number of hydrogen-bond donors (Lipinski definition) is 2. The van der Waals surface area contributed by atoms with E-state index in [1.807, 2.05) is 50.2 Å². The Morgan fingerprint density at radius 2 is 1.70 bits per heavy atom. The molecule has 23 heavy (non-hydrogen) atoms. The predicted octanol–water partition coefficient (Wildman–Crippen LogP) is 5.08. The van der Waals surface area contributed by atoms with Crippen molar-refractivity contribution in [1.29, 1.82) is 0 Å². The van der Waals surface area contributed by atoms with Crippen LogP contribution in [0.3, 0.4) is 0 Å². The van der Waals surface area contributed by atoms with Gasteiger partial charge in [0, 0.05) is 23.5 Å². The van der Waals surface area contributed by atoms with Crippen molar-refractivity contribution in [2.45, 2.75) is 20.3 Å². The van der Waals surface area contributed by atoms with Crippen LogP contribution in [0.2, 0.25) is 5.02 Å². The monoisotopic (exact) mass is 332 g/mol. The number of nitrogens with one attached hydrogen (secondary N) is 2. The molecule has 0 saturated heterocycles. The first-order chi connectivity index (χ1) is 11.0. The number of rotatable bonds is 6. The topological polar surface area (TPSA) is 50.4 Å². The van der Waals surface area contributed by atoms with E-state index in [4.69, 9.17) is 16.3 Å². The van der Waals surface area contributed by atoms with Crippen LogP contribution in [0.25, 0.3) is 0 Å². The summed E-state index contributed by atoms with van der Waals surface area (Å²) in [6, 6.07) is 13.1. The smallest absolute Gasteiger partial charge is 0.224 e. The van der Waals surface area contributed by atoms with Gasteiger partial charge in [-0.2, -0.15) is 0 Å². The zero-order chi connectivity index (χ0) is 16.8. The van der Waals surface area contributed by atoms with E-state index < -0.39 is 0 Å².